The summed E-state index contributed by atoms with van der Waals surface area (Å²) >= 11 is 1.62. The summed E-state index contributed by atoms with van der Waals surface area (Å²) in [6.45, 7) is 3.07. The minimum absolute atomic E-state index is 0.555. The average molecular weight is 252 g/mol. The van der Waals surface area contributed by atoms with E-state index in [0.29, 0.717) is 6.61 Å². The van der Waals surface area contributed by atoms with E-state index in [9.17, 15) is 0 Å². The number of hydrogen-bond donors (Lipinski definition) is 1. The quantitative estimate of drug-likeness (QED) is 0.733. The van der Waals surface area contributed by atoms with E-state index in [4.69, 9.17) is 9.15 Å². The number of furan rings is 1. The Morgan fingerprint density at radius 3 is 3.24 bits per heavy atom. The van der Waals surface area contributed by atoms with E-state index < -0.39 is 0 Å². The zero-order valence-electron chi connectivity index (χ0n) is 9.59. The van der Waals surface area contributed by atoms with Gasteiger partial charge in [0.1, 0.15) is 12.4 Å². The molecule has 0 radical (unpaired) electrons. The first-order chi connectivity index (χ1) is 8.45. The SMILES string of the molecule is c1coc(COCCCNCc2cscn2)c1. The molecule has 5 heteroatoms. The standard InChI is InChI=1S/C12H16N2O2S/c1-3-12(16-6-1)8-15-5-2-4-13-7-11-9-17-10-14-11/h1,3,6,9-10,13H,2,4-5,7-8H2. The molecule has 0 aliphatic rings. The second-order valence-corrected chi connectivity index (χ2v) is 4.36. The fourth-order valence-corrected chi connectivity index (χ4v) is 1.97. The summed E-state index contributed by atoms with van der Waals surface area (Å²) < 4.78 is 10.6. The van der Waals surface area contributed by atoms with Crippen molar-refractivity contribution >= 4 is 11.3 Å². The summed E-state index contributed by atoms with van der Waals surface area (Å²) in [6.07, 6.45) is 2.65. The molecule has 0 amide bonds. The van der Waals surface area contributed by atoms with Crippen LogP contribution in [0.25, 0.3) is 0 Å². The first-order valence-corrected chi connectivity index (χ1v) is 6.57. The van der Waals surface area contributed by atoms with E-state index in [-0.39, 0.29) is 0 Å². The highest BCUT2D eigenvalue weighted by Crippen LogP contribution is 2.02. The van der Waals surface area contributed by atoms with Gasteiger partial charge in [-0.05, 0) is 25.1 Å². The molecule has 2 aromatic heterocycles. The molecule has 0 atom stereocenters. The lowest BCUT2D eigenvalue weighted by atomic mass is 10.4. The molecule has 2 rings (SSSR count). The molecule has 4 nitrogen and oxygen atoms in total. The van der Waals surface area contributed by atoms with Gasteiger partial charge in [-0.1, -0.05) is 0 Å². The van der Waals surface area contributed by atoms with Crippen LogP contribution >= 0.6 is 11.3 Å². The predicted octanol–water partition coefficient (Wildman–Crippen LogP) is 2.43. The molecule has 0 aliphatic heterocycles. The van der Waals surface area contributed by atoms with Crippen molar-refractivity contribution in [3.8, 4) is 0 Å². The van der Waals surface area contributed by atoms with Gasteiger partial charge in [-0.3, -0.25) is 0 Å². The minimum atomic E-state index is 0.555. The minimum Gasteiger partial charge on any atom is -0.467 e. The molecule has 2 aromatic rings. The van der Waals surface area contributed by atoms with Crippen LogP contribution in [-0.4, -0.2) is 18.1 Å². The first-order valence-electron chi connectivity index (χ1n) is 5.63. The van der Waals surface area contributed by atoms with Crippen LogP contribution in [0.4, 0.5) is 0 Å². The van der Waals surface area contributed by atoms with Crippen molar-refractivity contribution in [2.45, 2.75) is 19.6 Å². The van der Waals surface area contributed by atoms with Crippen molar-refractivity contribution < 1.29 is 9.15 Å². The third kappa shape index (κ3) is 4.68. The van der Waals surface area contributed by atoms with Gasteiger partial charge in [-0.25, -0.2) is 4.98 Å². The van der Waals surface area contributed by atoms with Crippen LogP contribution in [0.1, 0.15) is 17.9 Å². The maximum Gasteiger partial charge on any atom is 0.129 e. The monoisotopic (exact) mass is 252 g/mol. The molecular formula is C12H16N2O2S. The van der Waals surface area contributed by atoms with Gasteiger partial charge in [0, 0.05) is 18.5 Å². The molecule has 0 saturated heterocycles. The molecule has 1 N–H and O–H groups in total. The molecule has 0 saturated carbocycles. The Kier molecular flexibility index (Phi) is 5.22. The Morgan fingerprint density at radius 2 is 2.47 bits per heavy atom. The van der Waals surface area contributed by atoms with E-state index in [1.165, 1.54) is 0 Å². The van der Waals surface area contributed by atoms with Gasteiger partial charge in [0.25, 0.3) is 0 Å². The molecule has 17 heavy (non-hydrogen) atoms. The maximum absolute atomic E-state index is 5.47. The van der Waals surface area contributed by atoms with Gasteiger partial charge in [0.2, 0.25) is 0 Å². The Hall–Kier alpha value is -1.17. The Balaban J connectivity index is 1.44. The molecule has 0 unspecified atom stereocenters. The van der Waals surface area contributed by atoms with E-state index in [1.54, 1.807) is 17.6 Å². The highest BCUT2D eigenvalue weighted by Gasteiger charge is 1.96. The van der Waals surface area contributed by atoms with Gasteiger partial charge in [0.15, 0.2) is 0 Å². The van der Waals surface area contributed by atoms with Crippen LogP contribution < -0.4 is 5.32 Å². The fourth-order valence-electron chi connectivity index (χ4n) is 1.41. The van der Waals surface area contributed by atoms with Gasteiger partial charge in [-0.2, -0.15) is 0 Å². The number of thiazole rings is 1. The third-order valence-corrected chi connectivity index (χ3v) is 2.89. The summed E-state index contributed by atoms with van der Waals surface area (Å²) in [5.74, 6) is 0.875. The Labute approximate surface area is 105 Å². The number of aromatic nitrogens is 1. The van der Waals surface area contributed by atoms with Crippen LogP contribution in [0, 0.1) is 0 Å². The van der Waals surface area contributed by atoms with E-state index in [1.807, 2.05) is 17.6 Å². The van der Waals surface area contributed by atoms with Crippen molar-refractivity contribution in [1.82, 2.24) is 10.3 Å². The third-order valence-electron chi connectivity index (χ3n) is 2.26. The van der Waals surface area contributed by atoms with Crippen molar-refractivity contribution in [2.75, 3.05) is 13.2 Å². The molecule has 2 heterocycles. The topological polar surface area (TPSA) is 47.3 Å². The number of ether oxygens (including phenoxy) is 1. The van der Waals surface area contributed by atoms with Gasteiger partial charge in [0.05, 0.1) is 17.5 Å². The second kappa shape index (κ2) is 7.21. The number of nitrogens with one attached hydrogen (secondary N) is 1. The molecule has 92 valence electrons. The summed E-state index contributed by atoms with van der Waals surface area (Å²) in [5.41, 5.74) is 2.95. The Bertz CT molecular complexity index is 348. The molecule has 0 bridgehead atoms. The first kappa shape index (κ1) is 12.3. The number of rotatable bonds is 8. The maximum atomic E-state index is 5.47. The summed E-state index contributed by atoms with van der Waals surface area (Å²) in [4.78, 5) is 4.20. The highest BCUT2D eigenvalue weighted by molar-refractivity contribution is 7.07. The Morgan fingerprint density at radius 1 is 1.47 bits per heavy atom. The summed E-state index contributed by atoms with van der Waals surface area (Å²) in [7, 11) is 0. The van der Waals surface area contributed by atoms with Gasteiger partial charge >= 0.3 is 0 Å². The summed E-state index contributed by atoms with van der Waals surface area (Å²) in [6, 6.07) is 3.79. The highest BCUT2D eigenvalue weighted by atomic mass is 32.1. The molecule has 0 fully saturated rings. The van der Waals surface area contributed by atoms with Crippen LogP contribution in [0.2, 0.25) is 0 Å². The second-order valence-electron chi connectivity index (χ2n) is 3.64. The molecule has 0 aromatic carbocycles. The van der Waals surface area contributed by atoms with Crippen LogP contribution in [0.15, 0.2) is 33.7 Å². The lowest BCUT2D eigenvalue weighted by Crippen LogP contribution is -2.16. The normalized spacial score (nSPS) is 10.8. The molecule has 0 aliphatic carbocycles. The van der Waals surface area contributed by atoms with Crippen molar-refractivity contribution in [3.05, 3.63) is 40.7 Å². The van der Waals surface area contributed by atoms with E-state index in [0.717, 1.165) is 37.6 Å². The van der Waals surface area contributed by atoms with E-state index >= 15 is 0 Å². The van der Waals surface area contributed by atoms with Crippen LogP contribution in [0.5, 0.6) is 0 Å². The lowest BCUT2D eigenvalue weighted by Gasteiger charge is -2.03. The van der Waals surface area contributed by atoms with Crippen molar-refractivity contribution in [1.29, 1.82) is 0 Å². The van der Waals surface area contributed by atoms with E-state index in [2.05, 4.69) is 15.7 Å². The fraction of sp³-hybridized carbons (Fsp3) is 0.417. The zero-order valence-corrected chi connectivity index (χ0v) is 10.4. The zero-order chi connectivity index (χ0) is 11.8. The van der Waals surface area contributed by atoms with Crippen molar-refractivity contribution in [2.24, 2.45) is 0 Å². The summed E-state index contributed by atoms with van der Waals surface area (Å²) in [5, 5.41) is 5.38. The molecule has 0 spiro atoms. The average Bonchev–Trinajstić information content (AvgIpc) is 3.00. The smallest absolute Gasteiger partial charge is 0.129 e. The van der Waals surface area contributed by atoms with Crippen molar-refractivity contribution in [3.63, 3.8) is 0 Å². The predicted molar refractivity (Wildman–Crippen MR) is 66.8 cm³/mol. The lowest BCUT2D eigenvalue weighted by molar-refractivity contribution is 0.104. The molecular weight excluding hydrogens is 236 g/mol. The van der Waals surface area contributed by atoms with Gasteiger partial charge < -0.3 is 14.5 Å². The van der Waals surface area contributed by atoms with Crippen LogP contribution in [0.3, 0.4) is 0 Å². The largest absolute Gasteiger partial charge is 0.467 e. The number of nitrogens with zero attached hydrogens (tertiary/aromatic N) is 1. The van der Waals surface area contributed by atoms with Crippen LogP contribution in [-0.2, 0) is 17.9 Å². The number of hydrogen-bond acceptors (Lipinski definition) is 5. The van der Waals surface area contributed by atoms with Gasteiger partial charge in [-0.15, -0.1) is 11.3 Å².